The van der Waals surface area contributed by atoms with E-state index in [0.29, 0.717) is 4.90 Å². The van der Waals surface area contributed by atoms with Crippen LogP contribution in [0.4, 0.5) is 13.2 Å². The van der Waals surface area contributed by atoms with Crippen LogP contribution in [-0.2, 0) is 14.1 Å². The van der Waals surface area contributed by atoms with Gasteiger partial charge in [0.2, 0.25) is 0 Å². The molecule has 0 spiro atoms. The van der Waals surface area contributed by atoms with Crippen molar-refractivity contribution in [3.8, 4) is 0 Å². The predicted molar refractivity (Wildman–Crippen MR) is 86.5 cm³/mol. The van der Waals surface area contributed by atoms with Gasteiger partial charge in [0.25, 0.3) is 5.56 Å². The molecule has 0 bridgehead atoms. The number of alkyl halides is 3. The van der Waals surface area contributed by atoms with Crippen LogP contribution >= 0.6 is 7.14 Å². The summed E-state index contributed by atoms with van der Waals surface area (Å²) in [5.74, 6) is -0.760. The van der Waals surface area contributed by atoms with Crippen molar-refractivity contribution in [2.24, 2.45) is 0 Å². The Morgan fingerprint density at radius 1 is 1.35 bits per heavy atom. The highest BCUT2D eigenvalue weighted by Crippen LogP contribution is 2.38. The molecule has 1 aromatic heterocycles. The van der Waals surface area contributed by atoms with Gasteiger partial charge < -0.3 is 14.2 Å². The van der Waals surface area contributed by atoms with Crippen LogP contribution < -0.4 is 11.2 Å². The minimum absolute atomic E-state index is 0.413. The summed E-state index contributed by atoms with van der Waals surface area (Å²) < 4.78 is 56.6. The van der Waals surface area contributed by atoms with E-state index in [4.69, 9.17) is 4.74 Å². The van der Waals surface area contributed by atoms with Crippen LogP contribution in [0, 0.1) is 0 Å². The molecule has 2 rings (SSSR count). The molecule has 1 aliphatic rings. The maximum Gasteiger partial charge on any atom is 0.471 e. The molecule has 2 unspecified atom stereocenters. The second kappa shape index (κ2) is 7.24. The number of carbonyl (C=O) groups excluding carboxylic acids is 1. The van der Waals surface area contributed by atoms with Crippen LogP contribution in [0.5, 0.6) is 0 Å². The highest BCUT2D eigenvalue weighted by Gasteiger charge is 2.45. The summed E-state index contributed by atoms with van der Waals surface area (Å²) >= 11 is 0. The molecule has 1 fully saturated rings. The van der Waals surface area contributed by atoms with Gasteiger partial charge in [-0.25, -0.2) is 4.79 Å². The Kier molecular flexibility index (Phi) is 5.62. The average molecular weight is 395 g/mol. The number of carbonyl (C=O) groups is 1. The van der Waals surface area contributed by atoms with Crippen molar-refractivity contribution in [1.29, 1.82) is 0 Å². The molecule has 12 heteroatoms. The van der Waals surface area contributed by atoms with Crippen molar-refractivity contribution in [2.75, 3.05) is 26.4 Å². The molecular formula is C14H17F3N3O5P. The molecule has 0 radical (unpaired) electrons. The lowest BCUT2D eigenvalue weighted by molar-refractivity contribution is -0.196. The molecular weight excluding hydrogens is 378 g/mol. The average Bonchev–Trinajstić information content (AvgIpc) is 2.50. The smallest absolute Gasteiger partial charge is 0.347 e. The van der Waals surface area contributed by atoms with E-state index in [1.54, 1.807) is 0 Å². The third-order valence-corrected chi connectivity index (χ3v) is 4.35. The monoisotopic (exact) mass is 395 g/mol. The second-order valence-electron chi connectivity index (χ2n) is 6.13. The van der Waals surface area contributed by atoms with E-state index in [1.165, 1.54) is 25.2 Å². The van der Waals surface area contributed by atoms with E-state index >= 15 is 0 Å². The third kappa shape index (κ3) is 5.18. The minimum Gasteiger partial charge on any atom is -0.347 e. The number of nitrogens with one attached hydrogen (secondary N) is 1. The topological polar surface area (TPSA) is 101 Å². The van der Waals surface area contributed by atoms with Gasteiger partial charge in [-0.2, -0.15) is 13.2 Å². The molecule has 2 heterocycles. The molecule has 2 atom stereocenters. The number of aromatic nitrogens is 2. The van der Waals surface area contributed by atoms with E-state index < -0.39 is 55.9 Å². The fraction of sp³-hybridized carbons (Fsp3) is 0.500. The first-order valence-corrected chi connectivity index (χ1v) is 10.1. The number of hydrogen-bond acceptors (Lipinski definition) is 5. The van der Waals surface area contributed by atoms with Gasteiger partial charge >= 0.3 is 17.8 Å². The van der Waals surface area contributed by atoms with Crippen LogP contribution in [0.3, 0.4) is 0 Å². The molecule has 1 saturated heterocycles. The number of rotatable bonds is 3. The first-order valence-electron chi connectivity index (χ1n) is 7.44. The van der Waals surface area contributed by atoms with Crippen LogP contribution in [0.25, 0.3) is 0 Å². The number of aromatic amines is 1. The molecule has 1 aromatic rings. The quantitative estimate of drug-likeness (QED) is 0.769. The highest BCUT2D eigenvalue weighted by molar-refractivity contribution is 7.65. The number of hydrogen-bond donors (Lipinski definition) is 1. The molecule has 1 amide bonds. The zero-order valence-corrected chi connectivity index (χ0v) is 14.8. The lowest BCUT2D eigenvalue weighted by atomic mass is 10.2. The molecule has 26 heavy (non-hydrogen) atoms. The predicted octanol–water partition coefficient (Wildman–Crippen LogP) is 0.961. The maximum absolute atomic E-state index is 12.8. The zero-order chi connectivity index (χ0) is 19.7. The van der Waals surface area contributed by atoms with Crippen molar-refractivity contribution in [3.63, 3.8) is 0 Å². The van der Waals surface area contributed by atoms with E-state index in [-0.39, 0.29) is 0 Å². The van der Waals surface area contributed by atoms with Crippen molar-refractivity contribution < 1.29 is 27.3 Å². The van der Waals surface area contributed by atoms with Gasteiger partial charge in [-0.05, 0) is 19.1 Å². The summed E-state index contributed by atoms with van der Waals surface area (Å²) in [6, 6.07) is 1.01. The number of ether oxygens (including phenoxy) is 1. The molecule has 0 aliphatic carbocycles. The molecule has 8 nitrogen and oxygen atoms in total. The summed E-state index contributed by atoms with van der Waals surface area (Å²) in [5, 5.41) is 0. The summed E-state index contributed by atoms with van der Waals surface area (Å²) in [6.07, 6.45) is -4.97. The van der Waals surface area contributed by atoms with Crippen LogP contribution in [0.2, 0.25) is 0 Å². The zero-order valence-electron chi connectivity index (χ0n) is 13.9. The SMILES string of the molecule is CP(C)(=O)/C=C/C1CN(C(=O)C(F)(F)F)CC(n2ccc(=O)[nH]c2=O)O1. The van der Waals surface area contributed by atoms with Crippen LogP contribution in [0.1, 0.15) is 6.23 Å². The van der Waals surface area contributed by atoms with E-state index in [2.05, 4.69) is 0 Å². The Morgan fingerprint density at radius 2 is 2.00 bits per heavy atom. The lowest BCUT2D eigenvalue weighted by Gasteiger charge is -2.37. The van der Waals surface area contributed by atoms with Gasteiger partial charge in [0.1, 0.15) is 7.14 Å². The summed E-state index contributed by atoms with van der Waals surface area (Å²) in [4.78, 5) is 37.1. The van der Waals surface area contributed by atoms with Crippen molar-refractivity contribution in [2.45, 2.75) is 18.5 Å². The summed E-state index contributed by atoms with van der Waals surface area (Å²) in [5.41, 5.74) is -1.57. The van der Waals surface area contributed by atoms with Gasteiger partial charge in [-0.1, -0.05) is 6.08 Å². The Bertz CT molecular complexity index is 870. The Balaban J connectivity index is 2.37. The van der Waals surface area contributed by atoms with Crippen molar-refractivity contribution >= 4 is 13.0 Å². The standard InChI is InChI=1S/C14H17F3N3O5P/c1-26(2,24)6-4-9-7-19(12(22)14(15,16)17)8-11(25-9)20-5-3-10(21)18-13(20)23/h3-6,9,11H,7-8H2,1-2H3,(H,18,21,23)/b6-4+. The normalized spacial score (nSPS) is 22.0. The number of nitrogens with zero attached hydrogens (tertiary/aromatic N) is 2. The van der Waals surface area contributed by atoms with Gasteiger partial charge in [-0.15, -0.1) is 0 Å². The number of halogens is 3. The molecule has 1 N–H and O–H groups in total. The number of morpholine rings is 1. The summed E-state index contributed by atoms with van der Waals surface area (Å²) in [7, 11) is -2.62. The van der Waals surface area contributed by atoms with Gasteiger partial charge in [0.15, 0.2) is 6.23 Å². The lowest BCUT2D eigenvalue weighted by Crippen LogP contribution is -2.53. The fourth-order valence-electron chi connectivity index (χ4n) is 2.33. The number of amides is 1. The minimum atomic E-state index is -5.09. The maximum atomic E-state index is 12.8. The third-order valence-electron chi connectivity index (χ3n) is 3.46. The first kappa shape index (κ1) is 20.2. The van der Waals surface area contributed by atoms with Gasteiger partial charge in [0, 0.05) is 12.3 Å². The van der Waals surface area contributed by atoms with Crippen molar-refractivity contribution in [1.82, 2.24) is 14.5 Å². The molecule has 144 valence electrons. The Hall–Kier alpha value is -2.13. The fourth-order valence-corrected chi connectivity index (χ4v) is 2.94. The Labute approximate surface area is 145 Å². The van der Waals surface area contributed by atoms with Crippen molar-refractivity contribution in [3.05, 3.63) is 45.0 Å². The first-order chi connectivity index (χ1) is 11.9. The Morgan fingerprint density at radius 3 is 2.54 bits per heavy atom. The van der Waals surface area contributed by atoms with E-state index in [9.17, 15) is 32.1 Å². The number of H-pyrrole nitrogens is 1. The molecule has 1 aliphatic heterocycles. The van der Waals surface area contributed by atoms with E-state index in [1.807, 2.05) is 4.98 Å². The second-order valence-corrected chi connectivity index (χ2v) is 9.30. The molecule has 0 aromatic carbocycles. The summed E-state index contributed by atoms with van der Waals surface area (Å²) in [6.45, 7) is 1.96. The van der Waals surface area contributed by atoms with E-state index in [0.717, 1.165) is 16.8 Å². The highest BCUT2D eigenvalue weighted by atomic mass is 31.2. The largest absolute Gasteiger partial charge is 0.471 e. The molecule has 0 saturated carbocycles. The van der Waals surface area contributed by atoms with Crippen LogP contribution in [0.15, 0.2) is 33.7 Å². The van der Waals surface area contributed by atoms with Gasteiger partial charge in [0.05, 0.1) is 19.2 Å². The van der Waals surface area contributed by atoms with Gasteiger partial charge in [-0.3, -0.25) is 19.1 Å². The van der Waals surface area contributed by atoms with Crippen LogP contribution in [-0.4, -0.2) is 59.1 Å².